The standard InChI is InChI=1S/C10H18N2O3S2/c1-9(10-4-7-16-8-10)11-17(14,15)12(2)5-3-6-13/h4,7-9,11,13H,3,5-6H2,1-2H3. The molecule has 0 aliphatic rings. The summed E-state index contributed by atoms with van der Waals surface area (Å²) in [5.41, 5.74) is 0.953. The fraction of sp³-hybridized carbons (Fsp3) is 0.600. The topological polar surface area (TPSA) is 69.6 Å². The summed E-state index contributed by atoms with van der Waals surface area (Å²) in [6.45, 7) is 2.10. The molecule has 0 fully saturated rings. The van der Waals surface area contributed by atoms with Crippen molar-refractivity contribution in [3.8, 4) is 0 Å². The third kappa shape index (κ3) is 4.36. The van der Waals surface area contributed by atoms with Gasteiger partial charge in [0, 0.05) is 26.2 Å². The zero-order valence-electron chi connectivity index (χ0n) is 9.96. The number of aliphatic hydroxyl groups is 1. The van der Waals surface area contributed by atoms with Gasteiger partial charge in [0.2, 0.25) is 0 Å². The maximum absolute atomic E-state index is 11.9. The second-order valence-corrected chi connectivity index (χ2v) is 6.39. The summed E-state index contributed by atoms with van der Waals surface area (Å²) in [5, 5.41) is 12.5. The maximum Gasteiger partial charge on any atom is 0.279 e. The fourth-order valence-corrected chi connectivity index (χ4v) is 3.20. The van der Waals surface area contributed by atoms with Crippen LogP contribution in [0.1, 0.15) is 24.9 Å². The second-order valence-electron chi connectivity index (χ2n) is 3.80. The van der Waals surface area contributed by atoms with E-state index in [9.17, 15) is 8.42 Å². The molecule has 1 unspecified atom stereocenters. The van der Waals surface area contributed by atoms with Crippen LogP contribution >= 0.6 is 11.3 Å². The van der Waals surface area contributed by atoms with Gasteiger partial charge in [0.25, 0.3) is 10.2 Å². The molecule has 1 heterocycles. The van der Waals surface area contributed by atoms with Gasteiger partial charge in [0.1, 0.15) is 0 Å². The fourth-order valence-electron chi connectivity index (χ4n) is 1.32. The van der Waals surface area contributed by atoms with Crippen LogP contribution in [-0.2, 0) is 10.2 Å². The zero-order chi connectivity index (χ0) is 12.9. The van der Waals surface area contributed by atoms with E-state index in [-0.39, 0.29) is 12.6 Å². The van der Waals surface area contributed by atoms with Crippen molar-refractivity contribution >= 4 is 21.5 Å². The Labute approximate surface area is 106 Å². The van der Waals surface area contributed by atoms with Crippen LogP contribution in [0.5, 0.6) is 0 Å². The van der Waals surface area contributed by atoms with E-state index in [0.717, 1.165) is 5.56 Å². The highest BCUT2D eigenvalue weighted by atomic mass is 32.2. The molecule has 0 saturated carbocycles. The third-order valence-electron chi connectivity index (χ3n) is 2.41. The van der Waals surface area contributed by atoms with Gasteiger partial charge < -0.3 is 5.11 Å². The second kappa shape index (κ2) is 6.46. The van der Waals surface area contributed by atoms with Gasteiger partial charge in [0.05, 0.1) is 0 Å². The minimum atomic E-state index is -3.48. The highest BCUT2D eigenvalue weighted by Crippen LogP contribution is 2.16. The predicted octanol–water partition coefficient (Wildman–Crippen LogP) is 0.958. The Hall–Kier alpha value is -0.470. The van der Waals surface area contributed by atoms with Crippen LogP contribution in [0.2, 0.25) is 0 Å². The van der Waals surface area contributed by atoms with E-state index >= 15 is 0 Å². The molecule has 1 atom stereocenters. The molecule has 98 valence electrons. The number of nitrogens with zero attached hydrogens (tertiary/aromatic N) is 1. The van der Waals surface area contributed by atoms with Crippen molar-refractivity contribution in [2.45, 2.75) is 19.4 Å². The highest BCUT2D eigenvalue weighted by molar-refractivity contribution is 7.87. The molecular formula is C10H18N2O3S2. The molecule has 0 aromatic carbocycles. The Balaban J connectivity index is 2.60. The first kappa shape index (κ1) is 14.6. The maximum atomic E-state index is 11.9. The molecule has 0 amide bonds. The smallest absolute Gasteiger partial charge is 0.279 e. The Morgan fingerprint density at radius 1 is 1.59 bits per heavy atom. The zero-order valence-corrected chi connectivity index (χ0v) is 11.6. The molecule has 1 rings (SSSR count). The SMILES string of the molecule is CC(NS(=O)(=O)N(C)CCCO)c1ccsc1. The third-order valence-corrected chi connectivity index (χ3v) is 4.77. The molecule has 0 bridgehead atoms. The van der Waals surface area contributed by atoms with Crippen LogP contribution in [0.15, 0.2) is 16.8 Å². The summed E-state index contributed by atoms with van der Waals surface area (Å²) in [5.74, 6) is 0. The summed E-state index contributed by atoms with van der Waals surface area (Å²) in [7, 11) is -1.98. The molecule has 1 aromatic rings. The number of nitrogens with one attached hydrogen (secondary N) is 1. The molecule has 7 heteroatoms. The van der Waals surface area contributed by atoms with Gasteiger partial charge in [-0.2, -0.15) is 28.8 Å². The molecule has 17 heavy (non-hydrogen) atoms. The first-order valence-electron chi connectivity index (χ1n) is 5.34. The number of hydrogen-bond donors (Lipinski definition) is 2. The predicted molar refractivity (Wildman–Crippen MR) is 69.1 cm³/mol. The number of hydrogen-bond acceptors (Lipinski definition) is 4. The van der Waals surface area contributed by atoms with Crippen LogP contribution in [0.4, 0.5) is 0 Å². The first-order chi connectivity index (χ1) is 7.97. The number of thiophene rings is 1. The summed E-state index contributed by atoms with van der Waals surface area (Å²) in [6.07, 6.45) is 0.435. The molecule has 1 aromatic heterocycles. The summed E-state index contributed by atoms with van der Waals surface area (Å²) in [4.78, 5) is 0. The minimum Gasteiger partial charge on any atom is -0.396 e. The Morgan fingerprint density at radius 2 is 2.29 bits per heavy atom. The van der Waals surface area contributed by atoms with Crippen molar-refractivity contribution in [3.63, 3.8) is 0 Å². The highest BCUT2D eigenvalue weighted by Gasteiger charge is 2.20. The van der Waals surface area contributed by atoms with Gasteiger partial charge in [0.15, 0.2) is 0 Å². The van der Waals surface area contributed by atoms with E-state index < -0.39 is 10.2 Å². The summed E-state index contributed by atoms with van der Waals surface area (Å²) in [6, 6.07) is 1.65. The van der Waals surface area contributed by atoms with E-state index in [2.05, 4.69) is 4.72 Å². The van der Waals surface area contributed by atoms with Crippen molar-refractivity contribution in [1.82, 2.24) is 9.03 Å². The van der Waals surface area contributed by atoms with E-state index in [1.807, 2.05) is 16.8 Å². The van der Waals surface area contributed by atoms with Gasteiger partial charge in [-0.15, -0.1) is 0 Å². The minimum absolute atomic E-state index is 0.0139. The summed E-state index contributed by atoms with van der Waals surface area (Å²) < 4.78 is 27.6. The van der Waals surface area contributed by atoms with Crippen LogP contribution in [0.3, 0.4) is 0 Å². The molecule has 0 aliphatic carbocycles. The quantitative estimate of drug-likeness (QED) is 0.780. The van der Waals surface area contributed by atoms with E-state index in [1.54, 1.807) is 6.92 Å². The normalized spacial score (nSPS) is 14.1. The Morgan fingerprint density at radius 3 is 2.82 bits per heavy atom. The van der Waals surface area contributed by atoms with Gasteiger partial charge in [-0.1, -0.05) is 0 Å². The van der Waals surface area contributed by atoms with Crippen molar-refractivity contribution in [3.05, 3.63) is 22.4 Å². The molecule has 2 N–H and O–H groups in total. The van der Waals surface area contributed by atoms with Gasteiger partial charge in [-0.25, -0.2) is 0 Å². The largest absolute Gasteiger partial charge is 0.396 e. The van der Waals surface area contributed by atoms with Crippen molar-refractivity contribution in [2.75, 3.05) is 20.2 Å². The van der Waals surface area contributed by atoms with E-state index in [1.165, 1.54) is 22.7 Å². The van der Waals surface area contributed by atoms with Gasteiger partial charge in [-0.3, -0.25) is 0 Å². The van der Waals surface area contributed by atoms with Crippen LogP contribution in [0, 0.1) is 0 Å². The number of rotatable bonds is 7. The van der Waals surface area contributed by atoms with Crippen molar-refractivity contribution in [2.24, 2.45) is 0 Å². The van der Waals surface area contributed by atoms with Crippen LogP contribution < -0.4 is 4.72 Å². The molecule has 0 aliphatic heterocycles. The lowest BCUT2D eigenvalue weighted by molar-refractivity contribution is 0.275. The van der Waals surface area contributed by atoms with E-state index in [4.69, 9.17) is 5.11 Å². The average molecular weight is 278 g/mol. The molecule has 0 saturated heterocycles. The lowest BCUT2D eigenvalue weighted by atomic mass is 10.2. The molecule has 5 nitrogen and oxygen atoms in total. The summed E-state index contributed by atoms with van der Waals surface area (Å²) >= 11 is 1.53. The van der Waals surface area contributed by atoms with Gasteiger partial charge in [-0.05, 0) is 35.7 Å². The van der Waals surface area contributed by atoms with Crippen molar-refractivity contribution < 1.29 is 13.5 Å². The molecule has 0 radical (unpaired) electrons. The van der Waals surface area contributed by atoms with E-state index in [0.29, 0.717) is 13.0 Å². The lowest BCUT2D eigenvalue weighted by Crippen LogP contribution is -2.40. The van der Waals surface area contributed by atoms with Crippen molar-refractivity contribution in [1.29, 1.82) is 0 Å². The Kier molecular flexibility index (Phi) is 5.54. The van der Waals surface area contributed by atoms with Crippen LogP contribution in [0.25, 0.3) is 0 Å². The van der Waals surface area contributed by atoms with Gasteiger partial charge >= 0.3 is 0 Å². The van der Waals surface area contributed by atoms with Crippen LogP contribution in [-0.4, -0.2) is 38.0 Å². The molecule has 0 spiro atoms. The average Bonchev–Trinajstić information content (AvgIpc) is 2.78. The lowest BCUT2D eigenvalue weighted by Gasteiger charge is -2.20. The number of aliphatic hydroxyl groups excluding tert-OH is 1. The molecular weight excluding hydrogens is 260 g/mol. The Bertz CT molecular complexity index is 417. The monoisotopic (exact) mass is 278 g/mol. The first-order valence-corrected chi connectivity index (χ1v) is 7.72.